The molecule has 3 N–H and O–H groups in total. The average molecular weight is 263 g/mol. The number of hydrogen-bond acceptors (Lipinski definition) is 3. The van der Waals surface area contributed by atoms with Crippen molar-refractivity contribution >= 4 is 27.3 Å². The van der Waals surface area contributed by atoms with E-state index in [9.17, 15) is 0 Å². The van der Waals surface area contributed by atoms with Crippen LogP contribution in [0.2, 0.25) is 0 Å². The number of halogens is 1. The molecule has 1 aromatic heterocycles. The highest BCUT2D eigenvalue weighted by Gasteiger charge is 2.00. The van der Waals surface area contributed by atoms with Crippen molar-refractivity contribution in [1.29, 1.82) is 0 Å². The molecule has 0 spiro atoms. The lowest BCUT2D eigenvalue weighted by molar-refractivity contribution is 0.591. The van der Waals surface area contributed by atoms with Crippen molar-refractivity contribution in [2.45, 2.75) is 25.9 Å². The quantitative estimate of drug-likeness (QED) is 0.800. The van der Waals surface area contributed by atoms with Crippen molar-refractivity contribution in [3.05, 3.63) is 20.8 Å². The van der Waals surface area contributed by atoms with Crippen LogP contribution in [0.25, 0.3) is 0 Å². The SMILES string of the molecule is CC(N)CCNCc1sccc1Br. The Balaban J connectivity index is 2.17. The van der Waals surface area contributed by atoms with E-state index >= 15 is 0 Å². The molecule has 1 rings (SSSR count). The van der Waals surface area contributed by atoms with Crippen LogP contribution in [0.1, 0.15) is 18.2 Å². The van der Waals surface area contributed by atoms with E-state index in [1.807, 2.05) is 6.92 Å². The van der Waals surface area contributed by atoms with Gasteiger partial charge in [0.15, 0.2) is 0 Å². The van der Waals surface area contributed by atoms with Crippen LogP contribution < -0.4 is 11.1 Å². The molecule has 13 heavy (non-hydrogen) atoms. The van der Waals surface area contributed by atoms with Gasteiger partial charge in [0.1, 0.15) is 0 Å². The minimum absolute atomic E-state index is 0.291. The lowest BCUT2D eigenvalue weighted by Gasteiger charge is -2.05. The monoisotopic (exact) mass is 262 g/mol. The van der Waals surface area contributed by atoms with Gasteiger partial charge in [0.2, 0.25) is 0 Å². The summed E-state index contributed by atoms with van der Waals surface area (Å²) in [6.07, 6.45) is 1.03. The summed E-state index contributed by atoms with van der Waals surface area (Å²) in [6, 6.07) is 2.37. The Labute approximate surface area is 91.7 Å². The molecule has 74 valence electrons. The molecular weight excluding hydrogens is 248 g/mol. The first-order valence-electron chi connectivity index (χ1n) is 4.38. The van der Waals surface area contributed by atoms with Gasteiger partial charge in [0.25, 0.3) is 0 Å². The molecule has 0 aromatic carbocycles. The Morgan fingerprint density at radius 2 is 2.46 bits per heavy atom. The van der Waals surface area contributed by atoms with Gasteiger partial charge < -0.3 is 11.1 Å². The van der Waals surface area contributed by atoms with E-state index < -0.39 is 0 Å². The van der Waals surface area contributed by atoms with Gasteiger partial charge >= 0.3 is 0 Å². The first-order valence-corrected chi connectivity index (χ1v) is 6.05. The summed E-state index contributed by atoms with van der Waals surface area (Å²) in [6.45, 7) is 3.95. The Hall–Kier alpha value is 0.100. The molecule has 0 aliphatic heterocycles. The Kier molecular flexibility index (Phi) is 4.94. The minimum atomic E-state index is 0.291. The molecule has 4 heteroatoms. The molecule has 0 saturated carbocycles. The van der Waals surface area contributed by atoms with Crippen LogP contribution in [0.3, 0.4) is 0 Å². The van der Waals surface area contributed by atoms with Gasteiger partial charge in [-0.25, -0.2) is 0 Å². The van der Waals surface area contributed by atoms with Crippen molar-refractivity contribution < 1.29 is 0 Å². The molecule has 0 fully saturated rings. The van der Waals surface area contributed by atoms with Crippen LogP contribution in [0, 0.1) is 0 Å². The molecule has 0 aliphatic carbocycles. The van der Waals surface area contributed by atoms with Gasteiger partial charge in [0, 0.05) is 21.9 Å². The van der Waals surface area contributed by atoms with Gasteiger partial charge in [-0.2, -0.15) is 0 Å². The highest BCUT2D eigenvalue weighted by Crippen LogP contribution is 2.21. The maximum Gasteiger partial charge on any atom is 0.0327 e. The summed E-state index contributed by atoms with van der Waals surface area (Å²) < 4.78 is 1.20. The number of rotatable bonds is 5. The van der Waals surface area contributed by atoms with Crippen molar-refractivity contribution in [3.8, 4) is 0 Å². The van der Waals surface area contributed by atoms with Crippen molar-refractivity contribution in [3.63, 3.8) is 0 Å². The summed E-state index contributed by atoms with van der Waals surface area (Å²) in [5.41, 5.74) is 5.64. The van der Waals surface area contributed by atoms with Gasteiger partial charge in [-0.15, -0.1) is 11.3 Å². The summed E-state index contributed by atoms with van der Waals surface area (Å²) in [4.78, 5) is 1.35. The summed E-state index contributed by atoms with van der Waals surface area (Å²) in [7, 11) is 0. The zero-order valence-corrected chi connectivity index (χ0v) is 10.1. The standard InChI is InChI=1S/C9H15BrN2S/c1-7(11)2-4-12-6-9-8(10)3-5-13-9/h3,5,7,12H,2,4,6,11H2,1H3. The van der Waals surface area contributed by atoms with Gasteiger partial charge in [-0.1, -0.05) is 0 Å². The van der Waals surface area contributed by atoms with E-state index in [2.05, 4.69) is 32.7 Å². The van der Waals surface area contributed by atoms with Crippen molar-refractivity contribution in [2.75, 3.05) is 6.54 Å². The van der Waals surface area contributed by atoms with Crippen LogP contribution >= 0.6 is 27.3 Å². The van der Waals surface area contributed by atoms with E-state index in [4.69, 9.17) is 5.73 Å². The normalized spacial score (nSPS) is 13.2. The lowest BCUT2D eigenvalue weighted by atomic mass is 10.2. The fraction of sp³-hybridized carbons (Fsp3) is 0.556. The van der Waals surface area contributed by atoms with Crippen molar-refractivity contribution in [1.82, 2.24) is 5.32 Å². The lowest BCUT2D eigenvalue weighted by Crippen LogP contribution is -2.23. The maximum atomic E-state index is 5.64. The molecule has 1 aromatic rings. The van der Waals surface area contributed by atoms with E-state index in [0.717, 1.165) is 19.5 Å². The Morgan fingerprint density at radius 1 is 1.69 bits per heavy atom. The van der Waals surface area contributed by atoms with E-state index in [1.54, 1.807) is 11.3 Å². The van der Waals surface area contributed by atoms with Crippen molar-refractivity contribution in [2.24, 2.45) is 5.73 Å². The predicted octanol–water partition coefficient (Wildman–Crippen LogP) is 2.34. The number of thiophene rings is 1. The third-order valence-electron chi connectivity index (χ3n) is 1.75. The molecule has 0 bridgehead atoms. The van der Waals surface area contributed by atoms with E-state index in [1.165, 1.54) is 9.35 Å². The molecule has 2 nitrogen and oxygen atoms in total. The Morgan fingerprint density at radius 3 is 3.00 bits per heavy atom. The second kappa shape index (κ2) is 5.75. The molecule has 1 heterocycles. The van der Waals surface area contributed by atoms with Gasteiger partial charge in [0.05, 0.1) is 0 Å². The van der Waals surface area contributed by atoms with Gasteiger partial charge in [-0.3, -0.25) is 0 Å². The van der Waals surface area contributed by atoms with Crippen LogP contribution in [0.15, 0.2) is 15.9 Å². The molecular formula is C9H15BrN2S. The zero-order chi connectivity index (χ0) is 9.68. The fourth-order valence-electron chi connectivity index (χ4n) is 0.983. The molecule has 1 atom stereocenters. The number of nitrogens with two attached hydrogens (primary N) is 1. The zero-order valence-electron chi connectivity index (χ0n) is 7.72. The second-order valence-electron chi connectivity index (χ2n) is 3.13. The van der Waals surface area contributed by atoms with E-state index in [-0.39, 0.29) is 0 Å². The number of nitrogens with one attached hydrogen (secondary N) is 1. The highest BCUT2D eigenvalue weighted by atomic mass is 79.9. The molecule has 0 saturated heterocycles. The Bertz CT molecular complexity index is 248. The fourth-order valence-corrected chi connectivity index (χ4v) is 2.44. The van der Waals surface area contributed by atoms with E-state index in [0.29, 0.717) is 6.04 Å². The first-order chi connectivity index (χ1) is 6.20. The van der Waals surface area contributed by atoms with Crippen LogP contribution in [-0.2, 0) is 6.54 Å². The number of hydrogen-bond donors (Lipinski definition) is 2. The molecule has 1 unspecified atom stereocenters. The maximum absolute atomic E-state index is 5.64. The highest BCUT2D eigenvalue weighted by molar-refractivity contribution is 9.10. The predicted molar refractivity (Wildman–Crippen MR) is 62.0 cm³/mol. The molecule has 0 radical (unpaired) electrons. The third kappa shape index (κ3) is 4.22. The van der Waals surface area contributed by atoms with Crippen LogP contribution in [0.4, 0.5) is 0 Å². The minimum Gasteiger partial charge on any atom is -0.328 e. The average Bonchev–Trinajstić information content (AvgIpc) is 2.45. The smallest absolute Gasteiger partial charge is 0.0327 e. The third-order valence-corrected chi connectivity index (χ3v) is 3.68. The first kappa shape index (κ1) is 11.2. The summed E-state index contributed by atoms with van der Waals surface area (Å²) in [5.74, 6) is 0. The van der Waals surface area contributed by atoms with Crippen LogP contribution in [0.5, 0.6) is 0 Å². The van der Waals surface area contributed by atoms with Gasteiger partial charge in [-0.05, 0) is 47.3 Å². The summed E-state index contributed by atoms with van der Waals surface area (Å²) in [5, 5.41) is 5.45. The largest absolute Gasteiger partial charge is 0.328 e. The molecule has 0 aliphatic rings. The van der Waals surface area contributed by atoms with Crippen LogP contribution in [-0.4, -0.2) is 12.6 Å². The second-order valence-corrected chi connectivity index (χ2v) is 4.99. The molecule has 0 amide bonds. The summed E-state index contributed by atoms with van der Waals surface area (Å²) >= 11 is 5.26. The topological polar surface area (TPSA) is 38.0 Å².